The molecule has 9 heteroatoms. The molecule has 0 aliphatic heterocycles. The Morgan fingerprint density at radius 2 is 1.90 bits per heavy atom. The van der Waals surface area contributed by atoms with E-state index in [2.05, 4.69) is 21.2 Å². The summed E-state index contributed by atoms with van der Waals surface area (Å²) in [5.74, 6) is -2.99. The molecule has 3 N–H and O–H groups in total. The van der Waals surface area contributed by atoms with E-state index in [1.54, 1.807) is 0 Å². The molecule has 0 saturated heterocycles. The smallest absolute Gasteiger partial charge is 0.418 e. The molecule has 0 fully saturated rings. The van der Waals surface area contributed by atoms with Gasteiger partial charge in [0.1, 0.15) is 6.04 Å². The van der Waals surface area contributed by atoms with E-state index >= 15 is 0 Å². The number of halogens is 4. The van der Waals surface area contributed by atoms with Crippen LogP contribution in [0.25, 0.3) is 0 Å². The Kier molecular flexibility index (Phi) is 4.98. The van der Waals surface area contributed by atoms with E-state index in [0.29, 0.717) is 4.47 Å². The standard InChI is InChI=1S/C11H9BrF3NO4/c12-5-1-2-6(11(13,14)15)7(3-5)16-8(10(19)20)4-9(17)18/h1-3,8,16H,4H2,(H,17,18)(H,19,20). The second kappa shape index (κ2) is 6.12. The minimum atomic E-state index is -4.69. The maximum atomic E-state index is 12.8. The van der Waals surface area contributed by atoms with Crippen LogP contribution in [-0.2, 0) is 15.8 Å². The highest BCUT2D eigenvalue weighted by Gasteiger charge is 2.34. The summed E-state index contributed by atoms with van der Waals surface area (Å²) < 4.78 is 38.6. The Labute approximate surface area is 119 Å². The van der Waals surface area contributed by atoms with Gasteiger partial charge in [-0.25, -0.2) is 4.79 Å². The Balaban J connectivity index is 3.14. The van der Waals surface area contributed by atoms with E-state index in [4.69, 9.17) is 10.2 Å². The van der Waals surface area contributed by atoms with Gasteiger partial charge in [-0.3, -0.25) is 4.79 Å². The normalized spacial score (nSPS) is 12.8. The van der Waals surface area contributed by atoms with Crippen molar-refractivity contribution in [1.29, 1.82) is 0 Å². The molecule has 0 heterocycles. The van der Waals surface area contributed by atoms with Crippen LogP contribution in [0.4, 0.5) is 18.9 Å². The van der Waals surface area contributed by atoms with Gasteiger partial charge in [-0.05, 0) is 18.2 Å². The summed E-state index contributed by atoms with van der Waals surface area (Å²) in [6.07, 6.45) is -5.53. The van der Waals surface area contributed by atoms with Gasteiger partial charge in [0.2, 0.25) is 0 Å². The molecule has 5 nitrogen and oxygen atoms in total. The van der Waals surface area contributed by atoms with Crippen molar-refractivity contribution in [2.75, 3.05) is 5.32 Å². The lowest BCUT2D eigenvalue weighted by atomic mass is 10.1. The van der Waals surface area contributed by atoms with Crippen LogP contribution in [-0.4, -0.2) is 28.2 Å². The molecular weight excluding hydrogens is 347 g/mol. The zero-order chi connectivity index (χ0) is 15.5. The number of benzene rings is 1. The Morgan fingerprint density at radius 1 is 1.30 bits per heavy atom. The molecule has 0 radical (unpaired) electrons. The van der Waals surface area contributed by atoms with Gasteiger partial charge in [0, 0.05) is 10.2 Å². The van der Waals surface area contributed by atoms with Gasteiger partial charge in [-0.2, -0.15) is 13.2 Å². The maximum Gasteiger partial charge on any atom is 0.418 e. The number of carboxylic acids is 2. The van der Waals surface area contributed by atoms with E-state index in [1.165, 1.54) is 0 Å². The monoisotopic (exact) mass is 355 g/mol. The van der Waals surface area contributed by atoms with Crippen molar-refractivity contribution in [3.8, 4) is 0 Å². The lowest BCUT2D eigenvalue weighted by molar-refractivity contribution is -0.144. The second-order valence-corrected chi connectivity index (χ2v) is 4.74. The Bertz CT molecular complexity index is 533. The van der Waals surface area contributed by atoms with Crippen LogP contribution in [0.2, 0.25) is 0 Å². The number of hydrogen-bond acceptors (Lipinski definition) is 3. The summed E-state index contributed by atoms with van der Waals surface area (Å²) >= 11 is 2.97. The second-order valence-electron chi connectivity index (χ2n) is 3.82. The largest absolute Gasteiger partial charge is 0.481 e. The predicted octanol–water partition coefficient (Wildman–Crippen LogP) is 2.81. The maximum absolute atomic E-state index is 12.8. The van der Waals surface area contributed by atoms with Gasteiger partial charge < -0.3 is 15.5 Å². The first-order chi connectivity index (χ1) is 9.11. The van der Waals surface area contributed by atoms with Crippen LogP contribution in [0.5, 0.6) is 0 Å². The fourth-order valence-corrected chi connectivity index (χ4v) is 1.81. The highest BCUT2D eigenvalue weighted by atomic mass is 79.9. The van der Waals surface area contributed by atoms with Crippen molar-refractivity contribution >= 4 is 33.6 Å². The molecule has 0 aliphatic carbocycles. The lowest BCUT2D eigenvalue weighted by Gasteiger charge is -2.18. The zero-order valence-electron chi connectivity index (χ0n) is 9.74. The van der Waals surface area contributed by atoms with Gasteiger partial charge >= 0.3 is 18.1 Å². The summed E-state index contributed by atoms with van der Waals surface area (Å²) in [5.41, 5.74) is -1.57. The molecule has 110 valence electrons. The number of carbonyl (C=O) groups is 2. The molecule has 1 atom stereocenters. The number of rotatable bonds is 5. The third-order valence-electron chi connectivity index (χ3n) is 2.29. The van der Waals surface area contributed by atoms with Crippen LogP contribution in [0.3, 0.4) is 0 Å². The quantitative estimate of drug-likeness (QED) is 0.755. The number of carboxylic acid groups (broad SMARTS) is 2. The van der Waals surface area contributed by atoms with Crippen molar-refractivity contribution in [3.63, 3.8) is 0 Å². The van der Waals surface area contributed by atoms with Crippen LogP contribution < -0.4 is 5.32 Å². The number of hydrogen-bond donors (Lipinski definition) is 3. The molecule has 1 unspecified atom stereocenters. The molecule has 0 bridgehead atoms. The van der Waals surface area contributed by atoms with Crippen LogP contribution in [0.1, 0.15) is 12.0 Å². The van der Waals surface area contributed by atoms with Crippen LogP contribution in [0.15, 0.2) is 22.7 Å². The Morgan fingerprint density at radius 3 is 2.35 bits per heavy atom. The average molecular weight is 356 g/mol. The minimum Gasteiger partial charge on any atom is -0.481 e. The highest BCUT2D eigenvalue weighted by molar-refractivity contribution is 9.10. The lowest BCUT2D eigenvalue weighted by Crippen LogP contribution is -2.32. The minimum absolute atomic E-state index is 0.299. The van der Waals surface area contributed by atoms with E-state index in [9.17, 15) is 22.8 Å². The summed E-state index contributed by atoms with van der Waals surface area (Å²) in [4.78, 5) is 21.4. The van der Waals surface area contributed by atoms with E-state index in [1.807, 2.05) is 0 Å². The molecule has 0 aromatic heterocycles. The fourth-order valence-electron chi connectivity index (χ4n) is 1.45. The third kappa shape index (κ3) is 4.41. The predicted molar refractivity (Wildman–Crippen MR) is 66.4 cm³/mol. The van der Waals surface area contributed by atoms with Gasteiger partial charge in [-0.15, -0.1) is 0 Å². The van der Waals surface area contributed by atoms with E-state index in [-0.39, 0.29) is 0 Å². The molecule has 1 aromatic rings. The first-order valence-electron chi connectivity index (χ1n) is 5.19. The van der Waals surface area contributed by atoms with Gasteiger partial charge in [0.05, 0.1) is 12.0 Å². The third-order valence-corrected chi connectivity index (χ3v) is 2.79. The summed E-state index contributed by atoms with van der Waals surface area (Å²) in [6, 6.07) is 1.30. The van der Waals surface area contributed by atoms with E-state index in [0.717, 1.165) is 18.2 Å². The van der Waals surface area contributed by atoms with Gasteiger partial charge in [-0.1, -0.05) is 15.9 Å². The summed E-state index contributed by atoms with van der Waals surface area (Å²) in [5, 5.41) is 19.5. The average Bonchev–Trinajstić information content (AvgIpc) is 2.25. The number of alkyl halides is 3. The molecule has 0 aliphatic rings. The van der Waals surface area contributed by atoms with E-state index < -0.39 is 41.8 Å². The molecule has 0 saturated carbocycles. The fraction of sp³-hybridized carbons (Fsp3) is 0.273. The molecule has 1 rings (SSSR count). The van der Waals surface area contributed by atoms with Crippen LogP contribution >= 0.6 is 15.9 Å². The molecular formula is C11H9BrF3NO4. The SMILES string of the molecule is O=C(O)CC(Nc1cc(Br)ccc1C(F)(F)F)C(=O)O. The van der Waals surface area contributed by atoms with Gasteiger partial charge in [0.15, 0.2) is 0 Å². The first kappa shape index (κ1) is 16.3. The zero-order valence-corrected chi connectivity index (χ0v) is 11.3. The van der Waals surface area contributed by atoms with Crippen LogP contribution in [0, 0.1) is 0 Å². The first-order valence-corrected chi connectivity index (χ1v) is 5.98. The summed E-state index contributed by atoms with van der Waals surface area (Å²) in [6.45, 7) is 0. The van der Waals surface area contributed by atoms with Crippen molar-refractivity contribution in [3.05, 3.63) is 28.2 Å². The van der Waals surface area contributed by atoms with Crippen molar-refractivity contribution in [2.45, 2.75) is 18.6 Å². The molecule has 20 heavy (non-hydrogen) atoms. The van der Waals surface area contributed by atoms with Crippen molar-refractivity contribution in [1.82, 2.24) is 0 Å². The molecule has 0 amide bonds. The molecule has 0 spiro atoms. The summed E-state index contributed by atoms with van der Waals surface area (Å²) in [7, 11) is 0. The van der Waals surface area contributed by atoms with Crippen molar-refractivity contribution < 1.29 is 33.0 Å². The molecule has 1 aromatic carbocycles. The number of anilines is 1. The van der Waals surface area contributed by atoms with Crippen molar-refractivity contribution in [2.24, 2.45) is 0 Å². The topological polar surface area (TPSA) is 86.6 Å². The van der Waals surface area contributed by atoms with Gasteiger partial charge in [0.25, 0.3) is 0 Å². The highest BCUT2D eigenvalue weighted by Crippen LogP contribution is 2.36. The number of nitrogens with one attached hydrogen (secondary N) is 1. The number of aliphatic carboxylic acids is 2. The Hall–Kier alpha value is -1.77.